The highest BCUT2D eigenvalue weighted by Crippen LogP contribution is 2.22. The van der Waals surface area contributed by atoms with Gasteiger partial charge in [-0.1, -0.05) is 29.8 Å². The van der Waals surface area contributed by atoms with Gasteiger partial charge in [-0.25, -0.2) is 4.39 Å². The Hall–Kier alpha value is -3.41. The summed E-state index contributed by atoms with van der Waals surface area (Å²) in [5, 5.41) is 12.3. The number of benzene rings is 2. The number of aromatic nitrogens is 1. The molecule has 0 fully saturated rings. The number of hydrogen-bond donors (Lipinski definition) is 3. The predicted molar refractivity (Wildman–Crippen MR) is 93.3 cm³/mol. The van der Waals surface area contributed by atoms with E-state index < -0.39 is 17.5 Å². The van der Waals surface area contributed by atoms with E-state index in [9.17, 15) is 19.1 Å². The Labute approximate surface area is 142 Å². The number of amides is 1. The lowest BCUT2D eigenvalue weighted by atomic mass is 10.0. The number of H-pyrrole nitrogens is 1. The molecule has 0 spiro atoms. The van der Waals surface area contributed by atoms with Crippen LogP contribution >= 0.6 is 0 Å². The van der Waals surface area contributed by atoms with Gasteiger partial charge in [-0.15, -0.1) is 0 Å². The molecular formula is C19H15FN2O3. The number of aromatic hydroxyl groups is 1. The number of rotatable bonds is 3. The molecule has 0 aliphatic carbocycles. The van der Waals surface area contributed by atoms with Crippen LogP contribution in [0.1, 0.15) is 15.9 Å². The molecule has 5 nitrogen and oxygen atoms in total. The van der Waals surface area contributed by atoms with Crippen LogP contribution in [0, 0.1) is 12.7 Å². The quantitative estimate of drug-likeness (QED) is 0.684. The lowest BCUT2D eigenvalue weighted by molar-refractivity contribution is 0.102. The van der Waals surface area contributed by atoms with E-state index in [1.165, 1.54) is 12.3 Å². The molecule has 3 N–H and O–H groups in total. The standard InChI is InChI=1S/C19H15FN2O3/c1-11-3-2-4-12(7-11)16-9-14(10-21-18(16)24)22-19(25)15-6-5-13(20)8-17(15)23/h2-10,23H,1H3,(H,21,24)(H,22,25). The zero-order valence-corrected chi connectivity index (χ0v) is 13.3. The number of carbonyl (C=O) groups excluding carboxylic acids is 1. The molecule has 6 heteroatoms. The third-order valence-electron chi connectivity index (χ3n) is 3.69. The first-order valence-corrected chi connectivity index (χ1v) is 7.53. The van der Waals surface area contributed by atoms with E-state index in [0.717, 1.165) is 23.3 Å². The molecule has 25 heavy (non-hydrogen) atoms. The van der Waals surface area contributed by atoms with Crippen LogP contribution in [0.2, 0.25) is 0 Å². The van der Waals surface area contributed by atoms with E-state index in [4.69, 9.17) is 0 Å². The largest absolute Gasteiger partial charge is 0.507 e. The zero-order chi connectivity index (χ0) is 18.0. The molecule has 3 aromatic rings. The van der Waals surface area contributed by atoms with Crippen molar-refractivity contribution in [2.24, 2.45) is 0 Å². The number of phenols is 1. The van der Waals surface area contributed by atoms with Crippen molar-refractivity contribution in [3.05, 3.63) is 82.0 Å². The van der Waals surface area contributed by atoms with Crippen molar-refractivity contribution in [3.8, 4) is 16.9 Å². The maximum atomic E-state index is 13.0. The number of halogens is 1. The third kappa shape index (κ3) is 3.58. The predicted octanol–water partition coefficient (Wildman–Crippen LogP) is 3.45. The first-order chi connectivity index (χ1) is 11.9. The Kier molecular flexibility index (Phi) is 4.35. The Bertz CT molecular complexity index is 1010. The highest BCUT2D eigenvalue weighted by Gasteiger charge is 2.13. The van der Waals surface area contributed by atoms with Crippen LogP contribution in [0.3, 0.4) is 0 Å². The summed E-state index contributed by atoms with van der Waals surface area (Å²) in [5.41, 5.74) is 2.14. The van der Waals surface area contributed by atoms with E-state index in [2.05, 4.69) is 10.3 Å². The van der Waals surface area contributed by atoms with E-state index in [-0.39, 0.29) is 11.1 Å². The minimum absolute atomic E-state index is 0.0651. The first-order valence-electron chi connectivity index (χ1n) is 7.53. The fraction of sp³-hybridized carbons (Fsp3) is 0.0526. The average molecular weight is 338 g/mol. The Morgan fingerprint density at radius 1 is 1.16 bits per heavy atom. The van der Waals surface area contributed by atoms with Crippen molar-refractivity contribution in [2.45, 2.75) is 6.92 Å². The van der Waals surface area contributed by atoms with Gasteiger partial charge in [-0.3, -0.25) is 9.59 Å². The van der Waals surface area contributed by atoms with E-state index in [0.29, 0.717) is 11.3 Å². The van der Waals surface area contributed by atoms with Gasteiger partial charge < -0.3 is 15.4 Å². The fourth-order valence-corrected chi connectivity index (χ4v) is 2.48. The summed E-state index contributed by atoms with van der Waals surface area (Å²) in [6.07, 6.45) is 1.36. The zero-order valence-electron chi connectivity index (χ0n) is 13.3. The normalized spacial score (nSPS) is 10.5. The molecule has 0 aliphatic rings. The average Bonchev–Trinajstić information content (AvgIpc) is 2.56. The molecule has 0 bridgehead atoms. The molecule has 0 saturated carbocycles. The van der Waals surface area contributed by atoms with Crippen molar-refractivity contribution < 1.29 is 14.3 Å². The molecule has 0 radical (unpaired) electrons. The van der Waals surface area contributed by atoms with Crippen LogP contribution < -0.4 is 10.9 Å². The number of nitrogens with one attached hydrogen (secondary N) is 2. The van der Waals surface area contributed by atoms with Crippen LogP contribution in [0.15, 0.2) is 59.5 Å². The molecule has 3 rings (SSSR count). The second-order valence-electron chi connectivity index (χ2n) is 5.62. The number of aryl methyl sites for hydroxylation is 1. The molecule has 126 valence electrons. The molecule has 1 aromatic heterocycles. The molecule has 0 aliphatic heterocycles. The van der Waals surface area contributed by atoms with Crippen molar-refractivity contribution in [1.82, 2.24) is 4.98 Å². The molecule has 1 heterocycles. The fourth-order valence-electron chi connectivity index (χ4n) is 2.48. The summed E-state index contributed by atoms with van der Waals surface area (Å²) in [4.78, 5) is 26.9. The monoisotopic (exact) mass is 338 g/mol. The van der Waals surface area contributed by atoms with E-state index in [1.807, 2.05) is 25.1 Å². The Balaban J connectivity index is 1.92. The van der Waals surface area contributed by atoms with Gasteiger partial charge in [0.1, 0.15) is 11.6 Å². The summed E-state index contributed by atoms with van der Waals surface area (Å²) in [6, 6.07) is 12.1. The van der Waals surface area contributed by atoms with Crippen molar-refractivity contribution >= 4 is 11.6 Å². The van der Waals surface area contributed by atoms with Gasteiger partial charge >= 0.3 is 0 Å². The van der Waals surface area contributed by atoms with Gasteiger partial charge in [0.15, 0.2) is 0 Å². The smallest absolute Gasteiger partial charge is 0.259 e. The second kappa shape index (κ2) is 6.60. The summed E-state index contributed by atoms with van der Waals surface area (Å²) >= 11 is 0. The van der Waals surface area contributed by atoms with Crippen LogP contribution in [0.5, 0.6) is 5.75 Å². The maximum Gasteiger partial charge on any atom is 0.259 e. The van der Waals surface area contributed by atoms with Crippen molar-refractivity contribution in [3.63, 3.8) is 0 Å². The van der Waals surface area contributed by atoms with Crippen LogP contribution in [0.4, 0.5) is 10.1 Å². The van der Waals surface area contributed by atoms with Gasteiger partial charge in [0, 0.05) is 17.8 Å². The number of carbonyl (C=O) groups is 1. The SMILES string of the molecule is Cc1cccc(-c2cc(NC(=O)c3ccc(F)cc3O)c[nH]c2=O)c1. The van der Waals surface area contributed by atoms with Gasteiger partial charge in [-0.05, 0) is 30.7 Å². The summed E-state index contributed by atoms with van der Waals surface area (Å²) in [5.74, 6) is -1.71. The summed E-state index contributed by atoms with van der Waals surface area (Å²) in [7, 11) is 0. The van der Waals surface area contributed by atoms with Crippen LogP contribution in [0.25, 0.3) is 11.1 Å². The number of aromatic amines is 1. The van der Waals surface area contributed by atoms with Gasteiger partial charge in [0.25, 0.3) is 11.5 Å². The molecule has 0 unspecified atom stereocenters. The van der Waals surface area contributed by atoms with Crippen LogP contribution in [-0.2, 0) is 0 Å². The summed E-state index contributed by atoms with van der Waals surface area (Å²) < 4.78 is 13.0. The van der Waals surface area contributed by atoms with Gasteiger partial charge in [0.05, 0.1) is 11.3 Å². The van der Waals surface area contributed by atoms with Gasteiger partial charge in [0.2, 0.25) is 0 Å². The minimum atomic E-state index is -0.639. The van der Waals surface area contributed by atoms with E-state index in [1.54, 1.807) is 12.1 Å². The Morgan fingerprint density at radius 2 is 1.96 bits per heavy atom. The first kappa shape index (κ1) is 16.4. The highest BCUT2D eigenvalue weighted by atomic mass is 19.1. The van der Waals surface area contributed by atoms with Gasteiger partial charge in [-0.2, -0.15) is 0 Å². The lowest BCUT2D eigenvalue weighted by Gasteiger charge is -2.09. The number of pyridine rings is 1. The highest BCUT2D eigenvalue weighted by molar-refractivity contribution is 6.06. The molecule has 2 aromatic carbocycles. The van der Waals surface area contributed by atoms with Crippen molar-refractivity contribution in [1.29, 1.82) is 0 Å². The molecular weight excluding hydrogens is 323 g/mol. The number of hydrogen-bond acceptors (Lipinski definition) is 3. The Morgan fingerprint density at radius 3 is 2.68 bits per heavy atom. The third-order valence-corrected chi connectivity index (χ3v) is 3.69. The molecule has 0 saturated heterocycles. The molecule has 0 atom stereocenters. The molecule has 1 amide bonds. The van der Waals surface area contributed by atoms with Crippen molar-refractivity contribution in [2.75, 3.05) is 5.32 Å². The second-order valence-corrected chi connectivity index (χ2v) is 5.62. The van der Waals surface area contributed by atoms with E-state index >= 15 is 0 Å². The lowest BCUT2D eigenvalue weighted by Crippen LogP contribution is -2.15. The topological polar surface area (TPSA) is 82.2 Å². The maximum absolute atomic E-state index is 13.0. The minimum Gasteiger partial charge on any atom is -0.507 e. The number of phenolic OH excluding ortho intramolecular Hbond substituents is 1. The van der Waals surface area contributed by atoms with Crippen LogP contribution in [-0.4, -0.2) is 16.0 Å². The summed E-state index contributed by atoms with van der Waals surface area (Å²) in [6.45, 7) is 1.92. The number of anilines is 1.